The van der Waals surface area contributed by atoms with Gasteiger partial charge in [-0.25, -0.2) is 14.6 Å². The van der Waals surface area contributed by atoms with Gasteiger partial charge in [0.15, 0.2) is 11.6 Å². The lowest BCUT2D eigenvalue weighted by atomic mass is 9.98. The van der Waals surface area contributed by atoms with Crippen molar-refractivity contribution >= 4 is 11.3 Å². The standard InChI is InChI=1S/C27H29N5O2S/c1-19-4-3-5-21(12-19)25-6-7-26(33)32(30-25)16-24-13-22(18-35-24)27-28-14-23(15-29-27)34-17-20-8-10-31(2)11-9-20/h3-7,12-15,18,20H,8-11,16-17H2,1-2H3. The van der Waals surface area contributed by atoms with Crippen LogP contribution in [0.2, 0.25) is 0 Å². The maximum Gasteiger partial charge on any atom is 0.267 e. The van der Waals surface area contributed by atoms with Crippen molar-refractivity contribution < 1.29 is 4.74 Å². The minimum atomic E-state index is -0.126. The Balaban J connectivity index is 1.24. The summed E-state index contributed by atoms with van der Waals surface area (Å²) >= 11 is 1.57. The Bertz CT molecular complexity index is 1340. The molecule has 1 saturated heterocycles. The molecule has 0 saturated carbocycles. The molecule has 4 aromatic rings. The van der Waals surface area contributed by atoms with E-state index in [1.165, 1.54) is 17.5 Å². The number of aryl methyl sites for hydroxylation is 1. The highest BCUT2D eigenvalue weighted by Gasteiger charge is 2.17. The fourth-order valence-corrected chi connectivity index (χ4v) is 5.08. The molecule has 1 aromatic carbocycles. The summed E-state index contributed by atoms with van der Waals surface area (Å²) < 4.78 is 7.44. The minimum Gasteiger partial charge on any atom is -0.490 e. The van der Waals surface area contributed by atoms with E-state index < -0.39 is 0 Å². The number of thiophene rings is 1. The summed E-state index contributed by atoms with van der Waals surface area (Å²) in [5, 5.41) is 6.61. The van der Waals surface area contributed by atoms with Crippen molar-refractivity contribution in [1.29, 1.82) is 0 Å². The van der Waals surface area contributed by atoms with Crippen LogP contribution in [0.3, 0.4) is 0 Å². The van der Waals surface area contributed by atoms with Crippen molar-refractivity contribution in [2.75, 3.05) is 26.7 Å². The summed E-state index contributed by atoms with van der Waals surface area (Å²) in [4.78, 5) is 24.8. The molecule has 35 heavy (non-hydrogen) atoms. The molecular weight excluding hydrogens is 458 g/mol. The Morgan fingerprint density at radius 2 is 1.86 bits per heavy atom. The third-order valence-corrected chi connectivity index (χ3v) is 7.27. The predicted octanol–water partition coefficient (Wildman–Crippen LogP) is 4.51. The molecule has 0 bridgehead atoms. The lowest BCUT2D eigenvalue weighted by molar-refractivity contribution is 0.159. The first-order valence-electron chi connectivity index (χ1n) is 11.9. The highest BCUT2D eigenvalue weighted by molar-refractivity contribution is 7.10. The SMILES string of the molecule is Cc1cccc(-c2ccc(=O)n(Cc3cc(-c4ncc(OCC5CCN(C)CC5)cn4)cs3)n2)c1. The van der Waals surface area contributed by atoms with E-state index in [0.29, 0.717) is 30.6 Å². The molecule has 0 unspecified atom stereocenters. The molecular formula is C27H29N5O2S. The van der Waals surface area contributed by atoms with Gasteiger partial charge in [0.05, 0.1) is 31.2 Å². The van der Waals surface area contributed by atoms with Crippen LogP contribution in [0.15, 0.2) is 65.0 Å². The van der Waals surface area contributed by atoms with Crippen molar-refractivity contribution in [1.82, 2.24) is 24.6 Å². The van der Waals surface area contributed by atoms with Gasteiger partial charge in [0.1, 0.15) is 0 Å². The average Bonchev–Trinajstić information content (AvgIpc) is 3.34. The van der Waals surface area contributed by atoms with Crippen molar-refractivity contribution in [2.45, 2.75) is 26.3 Å². The largest absolute Gasteiger partial charge is 0.490 e. The van der Waals surface area contributed by atoms with Crippen LogP contribution in [-0.2, 0) is 6.54 Å². The summed E-state index contributed by atoms with van der Waals surface area (Å²) in [6.45, 7) is 5.41. The molecule has 0 radical (unpaired) electrons. The molecule has 1 aliphatic rings. The molecule has 0 spiro atoms. The lowest BCUT2D eigenvalue weighted by Crippen LogP contribution is -2.32. The Kier molecular flexibility index (Phi) is 7.01. The third kappa shape index (κ3) is 5.83. The summed E-state index contributed by atoms with van der Waals surface area (Å²) in [7, 11) is 2.16. The Morgan fingerprint density at radius 3 is 2.63 bits per heavy atom. The van der Waals surface area contributed by atoms with Gasteiger partial charge in [-0.15, -0.1) is 11.3 Å². The molecule has 4 heterocycles. The molecule has 7 nitrogen and oxygen atoms in total. The van der Waals surface area contributed by atoms with Crippen LogP contribution in [-0.4, -0.2) is 51.4 Å². The van der Waals surface area contributed by atoms with E-state index in [4.69, 9.17) is 4.74 Å². The van der Waals surface area contributed by atoms with E-state index in [-0.39, 0.29) is 5.56 Å². The molecule has 0 atom stereocenters. The van der Waals surface area contributed by atoms with E-state index in [1.54, 1.807) is 35.9 Å². The number of hydrogen-bond donors (Lipinski definition) is 0. The topological polar surface area (TPSA) is 73.1 Å². The number of nitrogens with zero attached hydrogens (tertiary/aromatic N) is 5. The zero-order valence-corrected chi connectivity index (χ0v) is 20.9. The molecule has 1 aliphatic heterocycles. The van der Waals surface area contributed by atoms with Gasteiger partial charge in [-0.1, -0.05) is 23.8 Å². The van der Waals surface area contributed by atoms with E-state index in [9.17, 15) is 4.79 Å². The Labute approximate surface area is 209 Å². The van der Waals surface area contributed by atoms with Gasteiger partial charge in [-0.2, -0.15) is 5.10 Å². The lowest BCUT2D eigenvalue weighted by Gasteiger charge is -2.28. The van der Waals surface area contributed by atoms with Crippen LogP contribution in [0.1, 0.15) is 23.3 Å². The minimum absolute atomic E-state index is 0.126. The molecule has 0 N–H and O–H groups in total. The number of rotatable bonds is 7. The molecule has 5 rings (SSSR count). The van der Waals surface area contributed by atoms with Crippen molar-refractivity contribution in [3.63, 3.8) is 0 Å². The highest BCUT2D eigenvalue weighted by atomic mass is 32.1. The van der Waals surface area contributed by atoms with E-state index in [0.717, 1.165) is 40.4 Å². The van der Waals surface area contributed by atoms with Crippen molar-refractivity contribution in [3.05, 3.63) is 81.0 Å². The average molecular weight is 488 g/mol. The third-order valence-electron chi connectivity index (χ3n) is 6.35. The first-order chi connectivity index (χ1) is 17.0. The smallest absolute Gasteiger partial charge is 0.267 e. The van der Waals surface area contributed by atoms with Gasteiger partial charge in [-0.3, -0.25) is 4.79 Å². The van der Waals surface area contributed by atoms with Gasteiger partial charge >= 0.3 is 0 Å². The fourth-order valence-electron chi connectivity index (χ4n) is 4.23. The van der Waals surface area contributed by atoms with Gasteiger partial charge in [-0.05, 0) is 64.0 Å². The van der Waals surface area contributed by atoms with Crippen LogP contribution < -0.4 is 10.3 Å². The first-order valence-corrected chi connectivity index (χ1v) is 12.8. The second-order valence-corrected chi connectivity index (χ2v) is 10.2. The van der Waals surface area contributed by atoms with E-state index in [2.05, 4.69) is 33.1 Å². The van der Waals surface area contributed by atoms with E-state index >= 15 is 0 Å². The molecule has 3 aromatic heterocycles. The Morgan fingerprint density at radius 1 is 1.06 bits per heavy atom. The molecule has 8 heteroatoms. The van der Waals surface area contributed by atoms with Gasteiger partial charge in [0, 0.05) is 27.5 Å². The zero-order valence-electron chi connectivity index (χ0n) is 20.1. The number of piperidine rings is 1. The summed E-state index contributed by atoms with van der Waals surface area (Å²) in [5.41, 5.74) is 3.73. The summed E-state index contributed by atoms with van der Waals surface area (Å²) in [6.07, 6.45) is 5.82. The van der Waals surface area contributed by atoms with Crippen LogP contribution in [0.4, 0.5) is 0 Å². The number of aromatic nitrogens is 4. The molecule has 1 fully saturated rings. The fraction of sp³-hybridized carbons (Fsp3) is 0.333. The molecule has 180 valence electrons. The second kappa shape index (κ2) is 10.5. The number of likely N-dealkylation sites (tertiary alicyclic amines) is 1. The number of hydrogen-bond acceptors (Lipinski definition) is 7. The molecule has 0 amide bonds. The zero-order chi connectivity index (χ0) is 24.2. The maximum absolute atomic E-state index is 12.4. The van der Waals surface area contributed by atoms with E-state index in [1.807, 2.05) is 36.6 Å². The van der Waals surface area contributed by atoms with Gasteiger partial charge in [0.25, 0.3) is 5.56 Å². The normalized spacial score (nSPS) is 14.8. The monoisotopic (exact) mass is 487 g/mol. The first kappa shape index (κ1) is 23.4. The van der Waals surface area contributed by atoms with Crippen LogP contribution in [0, 0.1) is 12.8 Å². The van der Waals surface area contributed by atoms with Crippen LogP contribution in [0.5, 0.6) is 5.75 Å². The summed E-state index contributed by atoms with van der Waals surface area (Å²) in [6, 6.07) is 13.5. The molecule has 0 aliphatic carbocycles. The van der Waals surface area contributed by atoms with Crippen molar-refractivity contribution in [2.24, 2.45) is 5.92 Å². The Hall–Kier alpha value is -3.36. The van der Waals surface area contributed by atoms with Crippen LogP contribution in [0.25, 0.3) is 22.6 Å². The maximum atomic E-state index is 12.4. The second-order valence-electron chi connectivity index (χ2n) is 9.19. The summed E-state index contributed by atoms with van der Waals surface area (Å²) in [5.74, 6) is 1.94. The van der Waals surface area contributed by atoms with Gasteiger partial charge in [0.2, 0.25) is 0 Å². The predicted molar refractivity (Wildman–Crippen MR) is 139 cm³/mol. The van der Waals surface area contributed by atoms with Crippen LogP contribution >= 0.6 is 11.3 Å². The van der Waals surface area contributed by atoms with Gasteiger partial charge < -0.3 is 9.64 Å². The number of benzene rings is 1. The quantitative estimate of drug-likeness (QED) is 0.382. The van der Waals surface area contributed by atoms with Crippen molar-refractivity contribution in [3.8, 4) is 28.4 Å². The highest BCUT2D eigenvalue weighted by Crippen LogP contribution is 2.25. The number of ether oxygens (including phenoxy) is 1.